The standard InChI is InChI=1S/C13H19BO4/c15-14(16)12-6-2-1-5-11(12)8-10-18-13-7-3-4-9-17-13/h1-2,5-6,13,15-16H,3-4,7-10H2/t13-/m0/s1. The molecule has 0 saturated carbocycles. The van der Waals surface area contributed by atoms with Gasteiger partial charge in [0.2, 0.25) is 0 Å². The van der Waals surface area contributed by atoms with Crippen molar-refractivity contribution >= 4 is 12.6 Å². The Morgan fingerprint density at radius 3 is 2.83 bits per heavy atom. The Morgan fingerprint density at radius 2 is 2.11 bits per heavy atom. The van der Waals surface area contributed by atoms with Gasteiger partial charge in [-0.15, -0.1) is 0 Å². The second-order valence-electron chi connectivity index (χ2n) is 4.49. The highest BCUT2D eigenvalue weighted by Gasteiger charge is 2.16. The highest BCUT2D eigenvalue weighted by atomic mass is 16.7. The molecule has 1 saturated heterocycles. The molecule has 2 N–H and O–H groups in total. The summed E-state index contributed by atoms with van der Waals surface area (Å²) in [6.45, 7) is 1.31. The lowest BCUT2D eigenvalue weighted by atomic mass is 9.76. The highest BCUT2D eigenvalue weighted by Crippen LogP contribution is 2.13. The average molecular weight is 250 g/mol. The lowest BCUT2D eigenvalue weighted by molar-refractivity contribution is -0.161. The maximum atomic E-state index is 9.24. The summed E-state index contributed by atoms with van der Waals surface area (Å²) in [4.78, 5) is 0. The Kier molecular flexibility index (Phi) is 5.19. The van der Waals surface area contributed by atoms with Crippen molar-refractivity contribution in [3.8, 4) is 0 Å². The molecule has 2 rings (SSSR count). The van der Waals surface area contributed by atoms with Gasteiger partial charge in [-0.25, -0.2) is 0 Å². The van der Waals surface area contributed by atoms with Crippen LogP contribution in [0.4, 0.5) is 0 Å². The van der Waals surface area contributed by atoms with Gasteiger partial charge in [0.25, 0.3) is 0 Å². The zero-order chi connectivity index (χ0) is 12.8. The molecule has 1 aromatic carbocycles. The predicted molar refractivity (Wildman–Crippen MR) is 69.5 cm³/mol. The summed E-state index contributed by atoms with van der Waals surface area (Å²) in [5.41, 5.74) is 1.45. The zero-order valence-corrected chi connectivity index (χ0v) is 10.4. The summed E-state index contributed by atoms with van der Waals surface area (Å²) < 4.78 is 11.1. The van der Waals surface area contributed by atoms with E-state index in [1.165, 1.54) is 0 Å². The van der Waals surface area contributed by atoms with E-state index >= 15 is 0 Å². The van der Waals surface area contributed by atoms with Gasteiger partial charge in [0.1, 0.15) is 0 Å². The second-order valence-corrected chi connectivity index (χ2v) is 4.49. The van der Waals surface area contributed by atoms with Crippen molar-refractivity contribution in [3.63, 3.8) is 0 Å². The molecule has 0 amide bonds. The first-order valence-electron chi connectivity index (χ1n) is 6.44. The lowest BCUT2D eigenvalue weighted by Crippen LogP contribution is -2.33. The largest absolute Gasteiger partial charge is 0.488 e. The van der Waals surface area contributed by atoms with E-state index in [9.17, 15) is 10.0 Å². The molecule has 0 radical (unpaired) electrons. The van der Waals surface area contributed by atoms with Crippen LogP contribution in [0.5, 0.6) is 0 Å². The van der Waals surface area contributed by atoms with Crippen molar-refractivity contribution in [1.29, 1.82) is 0 Å². The van der Waals surface area contributed by atoms with Crippen LogP contribution in [0, 0.1) is 0 Å². The van der Waals surface area contributed by atoms with Gasteiger partial charge in [-0.1, -0.05) is 24.3 Å². The maximum absolute atomic E-state index is 9.24. The Morgan fingerprint density at radius 1 is 1.28 bits per heavy atom. The number of rotatable bonds is 5. The molecular formula is C13H19BO4. The quantitative estimate of drug-likeness (QED) is 0.745. The monoisotopic (exact) mass is 250 g/mol. The van der Waals surface area contributed by atoms with Gasteiger partial charge in [0.15, 0.2) is 6.29 Å². The fourth-order valence-electron chi connectivity index (χ4n) is 2.16. The number of hydrogen-bond donors (Lipinski definition) is 2. The van der Waals surface area contributed by atoms with Crippen LogP contribution in [0.25, 0.3) is 0 Å². The summed E-state index contributed by atoms with van der Waals surface area (Å²) in [5, 5.41) is 18.5. The third-order valence-corrected chi connectivity index (χ3v) is 3.15. The van der Waals surface area contributed by atoms with Crippen LogP contribution in [-0.4, -0.2) is 36.7 Å². The van der Waals surface area contributed by atoms with Gasteiger partial charge in [0, 0.05) is 6.61 Å². The van der Waals surface area contributed by atoms with Crippen LogP contribution < -0.4 is 5.46 Å². The van der Waals surface area contributed by atoms with Gasteiger partial charge in [0.05, 0.1) is 6.61 Å². The van der Waals surface area contributed by atoms with Crippen molar-refractivity contribution in [2.75, 3.05) is 13.2 Å². The van der Waals surface area contributed by atoms with E-state index in [1.807, 2.05) is 12.1 Å². The van der Waals surface area contributed by atoms with Crippen molar-refractivity contribution in [2.45, 2.75) is 32.0 Å². The molecule has 0 aliphatic carbocycles. The Bertz CT molecular complexity index is 364. The van der Waals surface area contributed by atoms with E-state index in [1.54, 1.807) is 12.1 Å². The molecule has 98 valence electrons. The first kappa shape index (κ1) is 13.6. The number of ether oxygens (including phenoxy) is 2. The molecule has 1 heterocycles. The molecule has 0 spiro atoms. The summed E-state index contributed by atoms with van der Waals surface area (Å²) in [7, 11) is -1.42. The highest BCUT2D eigenvalue weighted by molar-refractivity contribution is 6.59. The normalized spacial score (nSPS) is 19.8. The van der Waals surface area contributed by atoms with E-state index < -0.39 is 7.12 Å². The van der Waals surface area contributed by atoms with E-state index in [0.717, 1.165) is 31.4 Å². The minimum atomic E-state index is -1.42. The molecule has 1 aromatic rings. The third-order valence-electron chi connectivity index (χ3n) is 3.15. The predicted octanol–water partition coefficient (Wildman–Crippen LogP) is 0.452. The smallest absolute Gasteiger partial charge is 0.423 e. The molecule has 4 nitrogen and oxygen atoms in total. The summed E-state index contributed by atoms with van der Waals surface area (Å²) >= 11 is 0. The van der Waals surface area contributed by atoms with Gasteiger partial charge in [-0.05, 0) is 36.7 Å². The van der Waals surface area contributed by atoms with Crippen molar-refractivity contribution in [2.24, 2.45) is 0 Å². The van der Waals surface area contributed by atoms with E-state index in [2.05, 4.69) is 0 Å². The van der Waals surface area contributed by atoms with E-state index in [4.69, 9.17) is 9.47 Å². The molecule has 0 bridgehead atoms. The van der Waals surface area contributed by atoms with E-state index in [0.29, 0.717) is 18.5 Å². The van der Waals surface area contributed by atoms with Crippen LogP contribution in [0.3, 0.4) is 0 Å². The molecule has 1 atom stereocenters. The average Bonchev–Trinajstić information content (AvgIpc) is 2.40. The van der Waals surface area contributed by atoms with Crippen molar-refractivity contribution < 1.29 is 19.5 Å². The molecule has 0 unspecified atom stereocenters. The molecule has 1 aliphatic heterocycles. The van der Waals surface area contributed by atoms with Gasteiger partial charge < -0.3 is 19.5 Å². The first-order chi connectivity index (χ1) is 8.77. The molecule has 5 heteroatoms. The molecule has 1 fully saturated rings. The van der Waals surface area contributed by atoms with Gasteiger partial charge >= 0.3 is 7.12 Å². The number of benzene rings is 1. The fourth-order valence-corrected chi connectivity index (χ4v) is 2.16. The van der Waals surface area contributed by atoms with Crippen molar-refractivity contribution in [3.05, 3.63) is 29.8 Å². The minimum absolute atomic E-state index is 0.0926. The molecule has 0 aromatic heterocycles. The third kappa shape index (κ3) is 3.81. The van der Waals surface area contributed by atoms with Crippen LogP contribution in [0.1, 0.15) is 24.8 Å². The topological polar surface area (TPSA) is 58.9 Å². The van der Waals surface area contributed by atoms with Gasteiger partial charge in [-0.3, -0.25) is 0 Å². The maximum Gasteiger partial charge on any atom is 0.488 e. The molecule has 1 aliphatic rings. The Labute approximate surface area is 108 Å². The zero-order valence-electron chi connectivity index (χ0n) is 10.4. The summed E-state index contributed by atoms with van der Waals surface area (Å²) in [6, 6.07) is 7.29. The summed E-state index contributed by atoms with van der Waals surface area (Å²) in [5.74, 6) is 0. The SMILES string of the molecule is OB(O)c1ccccc1CCO[C@H]1CCCCO1. The molecular weight excluding hydrogens is 231 g/mol. The Balaban J connectivity index is 1.82. The second kappa shape index (κ2) is 6.90. The lowest BCUT2D eigenvalue weighted by Gasteiger charge is -2.22. The molecule has 18 heavy (non-hydrogen) atoms. The van der Waals surface area contributed by atoms with E-state index in [-0.39, 0.29) is 6.29 Å². The Hall–Kier alpha value is -0.875. The van der Waals surface area contributed by atoms with Crippen LogP contribution in [0.2, 0.25) is 0 Å². The van der Waals surface area contributed by atoms with Crippen LogP contribution in [-0.2, 0) is 15.9 Å². The summed E-state index contributed by atoms with van der Waals surface area (Å²) in [6.07, 6.45) is 3.78. The fraction of sp³-hybridized carbons (Fsp3) is 0.538. The van der Waals surface area contributed by atoms with Crippen LogP contribution in [0.15, 0.2) is 24.3 Å². The van der Waals surface area contributed by atoms with Crippen LogP contribution >= 0.6 is 0 Å². The first-order valence-corrected chi connectivity index (χ1v) is 6.44. The minimum Gasteiger partial charge on any atom is -0.423 e. The van der Waals surface area contributed by atoms with Crippen molar-refractivity contribution in [1.82, 2.24) is 0 Å². The van der Waals surface area contributed by atoms with Gasteiger partial charge in [-0.2, -0.15) is 0 Å². The number of hydrogen-bond acceptors (Lipinski definition) is 4.